The van der Waals surface area contributed by atoms with Crippen LogP contribution >= 0.6 is 0 Å². The van der Waals surface area contributed by atoms with Crippen LogP contribution in [0.1, 0.15) is 18.2 Å². The number of benzene rings is 2. The second-order valence-corrected chi connectivity index (χ2v) is 6.54. The average Bonchev–Trinajstić information content (AvgIpc) is 3.25. The zero-order chi connectivity index (χ0) is 18.1. The lowest BCUT2D eigenvalue weighted by Crippen LogP contribution is -2.36. The molecule has 1 aliphatic rings. The van der Waals surface area contributed by atoms with Crippen LogP contribution in [0.25, 0.3) is 11.3 Å². The maximum atomic E-state index is 12.9. The average molecular weight is 348 g/mol. The van der Waals surface area contributed by atoms with Crippen molar-refractivity contribution in [3.8, 4) is 17.1 Å². The van der Waals surface area contributed by atoms with Crippen LogP contribution in [-0.4, -0.2) is 24.2 Å². The third kappa shape index (κ3) is 2.96. The Morgan fingerprint density at radius 2 is 2.08 bits per heavy atom. The number of nitrogens with zero attached hydrogens (tertiary/aromatic N) is 2. The lowest BCUT2D eigenvalue weighted by atomic mass is 10.1. The van der Waals surface area contributed by atoms with Crippen LogP contribution in [0.15, 0.2) is 59.1 Å². The van der Waals surface area contributed by atoms with Gasteiger partial charge in [-0.25, -0.2) is 0 Å². The van der Waals surface area contributed by atoms with Crippen molar-refractivity contribution in [1.82, 2.24) is 5.16 Å². The first kappa shape index (κ1) is 16.4. The zero-order valence-electron chi connectivity index (χ0n) is 14.8. The Kier molecular flexibility index (Phi) is 4.21. The largest absolute Gasteiger partial charge is 0.497 e. The van der Waals surface area contributed by atoms with Crippen LogP contribution < -0.4 is 9.64 Å². The van der Waals surface area contributed by atoms with E-state index in [9.17, 15) is 4.79 Å². The Morgan fingerprint density at radius 1 is 1.23 bits per heavy atom. The Labute approximate surface area is 152 Å². The summed E-state index contributed by atoms with van der Waals surface area (Å²) in [5, 5.41) is 4.08. The van der Waals surface area contributed by atoms with Gasteiger partial charge < -0.3 is 14.2 Å². The minimum absolute atomic E-state index is 0.0351. The van der Waals surface area contributed by atoms with Gasteiger partial charge >= 0.3 is 0 Å². The molecule has 2 heterocycles. The fourth-order valence-corrected chi connectivity index (χ4v) is 3.49. The van der Waals surface area contributed by atoms with Crippen LogP contribution in [0.4, 0.5) is 5.69 Å². The molecule has 3 aromatic rings. The third-order valence-corrected chi connectivity index (χ3v) is 4.72. The Hall–Kier alpha value is -3.08. The highest BCUT2D eigenvalue weighted by Crippen LogP contribution is 2.32. The van der Waals surface area contributed by atoms with E-state index in [-0.39, 0.29) is 18.4 Å². The Morgan fingerprint density at radius 3 is 2.92 bits per heavy atom. The molecule has 5 heteroatoms. The van der Waals surface area contributed by atoms with Gasteiger partial charge in [-0.2, -0.15) is 0 Å². The smallest absolute Gasteiger partial charge is 0.233 e. The van der Waals surface area contributed by atoms with Gasteiger partial charge in [0.1, 0.15) is 5.75 Å². The number of aromatic nitrogens is 1. The number of amides is 1. The topological polar surface area (TPSA) is 55.6 Å². The molecule has 4 rings (SSSR count). The van der Waals surface area contributed by atoms with Crippen molar-refractivity contribution < 1.29 is 14.1 Å². The van der Waals surface area contributed by atoms with Gasteiger partial charge in [0.15, 0.2) is 5.76 Å². The Bertz CT molecular complexity index is 948. The molecular formula is C21H20N2O3. The maximum Gasteiger partial charge on any atom is 0.233 e. The van der Waals surface area contributed by atoms with Crippen molar-refractivity contribution in [2.75, 3.05) is 12.0 Å². The summed E-state index contributed by atoms with van der Waals surface area (Å²) in [6.45, 7) is 2.07. The summed E-state index contributed by atoms with van der Waals surface area (Å²) < 4.78 is 10.7. The first-order chi connectivity index (χ1) is 12.7. The molecule has 1 atom stereocenters. The second kappa shape index (κ2) is 6.67. The van der Waals surface area contributed by atoms with E-state index < -0.39 is 0 Å². The molecule has 0 radical (unpaired) electrons. The quantitative estimate of drug-likeness (QED) is 0.718. The molecule has 0 aliphatic carbocycles. The standard InChI is InChI=1S/C21H20N2O3/c1-14-10-15-6-3-4-9-19(15)23(14)21(24)13-17-12-20(26-22-17)16-7-5-8-18(11-16)25-2/h3-9,11-12,14H,10,13H2,1-2H3. The van der Waals surface area contributed by atoms with Gasteiger partial charge in [-0.1, -0.05) is 35.5 Å². The molecule has 0 saturated heterocycles. The van der Waals surface area contributed by atoms with Crippen LogP contribution in [0.3, 0.4) is 0 Å². The number of rotatable bonds is 4. The number of carbonyl (C=O) groups is 1. The molecule has 1 amide bonds. The molecule has 0 spiro atoms. The molecule has 0 saturated carbocycles. The molecular weight excluding hydrogens is 328 g/mol. The molecule has 1 aromatic heterocycles. The van der Waals surface area contributed by atoms with Gasteiger partial charge in [0.05, 0.1) is 19.2 Å². The van der Waals surface area contributed by atoms with Crippen molar-refractivity contribution in [3.63, 3.8) is 0 Å². The summed E-state index contributed by atoms with van der Waals surface area (Å²) in [4.78, 5) is 14.7. The summed E-state index contributed by atoms with van der Waals surface area (Å²) in [6, 6.07) is 17.6. The summed E-state index contributed by atoms with van der Waals surface area (Å²) in [5.41, 5.74) is 3.71. The van der Waals surface area contributed by atoms with Gasteiger partial charge in [0.2, 0.25) is 5.91 Å². The molecule has 1 unspecified atom stereocenters. The number of hydrogen-bond acceptors (Lipinski definition) is 4. The van der Waals surface area contributed by atoms with Gasteiger partial charge in [0, 0.05) is 23.4 Å². The highest BCUT2D eigenvalue weighted by atomic mass is 16.5. The molecule has 26 heavy (non-hydrogen) atoms. The number of anilines is 1. The van der Waals surface area contributed by atoms with Gasteiger partial charge in [-0.15, -0.1) is 0 Å². The van der Waals surface area contributed by atoms with E-state index in [0.29, 0.717) is 11.5 Å². The fourth-order valence-electron chi connectivity index (χ4n) is 3.49. The number of carbonyl (C=O) groups excluding carboxylic acids is 1. The first-order valence-corrected chi connectivity index (χ1v) is 8.65. The van der Waals surface area contributed by atoms with Crippen molar-refractivity contribution >= 4 is 11.6 Å². The van der Waals surface area contributed by atoms with E-state index in [0.717, 1.165) is 23.4 Å². The van der Waals surface area contributed by atoms with Crippen LogP contribution in [-0.2, 0) is 17.6 Å². The van der Waals surface area contributed by atoms with E-state index in [1.807, 2.05) is 53.4 Å². The van der Waals surface area contributed by atoms with Crippen molar-refractivity contribution in [1.29, 1.82) is 0 Å². The lowest BCUT2D eigenvalue weighted by Gasteiger charge is -2.22. The zero-order valence-corrected chi connectivity index (χ0v) is 14.8. The molecule has 0 fully saturated rings. The van der Waals surface area contributed by atoms with E-state index in [1.54, 1.807) is 7.11 Å². The number of methoxy groups -OCH3 is 1. The van der Waals surface area contributed by atoms with E-state index >= 15 is 0 Å². The summed E-state index contributed by atoms with van der Waals surface area (Å²) in [5.74, 6) is 1.41. The number of fused-ring (bicyclic) bond motifs is 1. The van der Waals surface area contributed by atoms with E-state index in [4.69, 9.17) is 9.26 Å². The SMILES string of the molecule is COc1cccc(-c2cc(CC(=O)N3c4ccccc4CC3C)no2)c1. The highest BCUT2D eigenvalue weighted by molar-refractivity contribution is 5.97. The normalized spacial score (nSPS) is 15.8. The monoisotopic (exact) mass is 348 g/mol. The first-order valence-electron chi connectivity index (χ1n) is 8.65. The van der Waals surface area contributed by atoms with Gasteiger partial charge in [0.25, 0.3) is 0 Å². The number of ether oxygens (including phenoxy) is 1. The molecule has 132 valence electrons. The van der Waals surface area contributed by atoms with Crippen LogP contribution in [0.2, 0.25) is 0 Å². The predicted molar refractivity (Wildman–Crippen MR) is 99.3 cm³/mol. The minimum atomic E-state index is 0.0351. The maximum absolute atomic E-state index is 12.9. The van der Waals surface area contributed by atoms with E-state index in [2.05, 4.69) is 18.1 Å². The Balaban J connectivity index is 1.53. The highest BCUT2D eigenvalue weighted by Gasteiger charge is 2.30. The third-order valence-electron chi connectivity index (χ3n) is 4.72. The minimum Gasteiger partial charge on any atom is -0.497 e. The van der Waals surface area contributed by atoms with E-state index in [1.165, 1.54) is 5.56 Å². The summed E-state index contributed by atoms with van der Waals surface area (Å²) in [6.07, 6.45) is 1.10. The van der Waals surface area contributed by atoms with Crippen LogP contribution in [0, 0.1) is 0 Å². The molecule has 0 bridgehead atoms. The fraction of sp³-hybridized carbons (Fsp3) is 0.238. The number of para-hydroxylation sites is 1. The molecule has 2 aromatic carbocycles. The van der Waals surface area contributed by atoms with Gasteiger partial charge in [-0.3, -0.25) is 4.79 Å². The van der Waals surface area contributed by atoms with Crippen molar-refractivity contribution in [2.45, 2.75) is 25.8 Å². The molecule has 0 N–H and O–H groups in total. The summed E-state index contributed by atoms with van der Waals surface area (Å²) in [7, 11) is 1.62. The predicted octanol–water partition coefficient (Wildman–Crippen LogP) is 3.87. The summed E-state index contributed by atoms with van der Waals surface area (Å²) >= 11 is 0. The number of hydrogen-bond donors (Lipinski definition) is 0. The molecule has 5 nitrogen and oxygen atoms in total. The second-order valence-electron chi connectivity index (χ2n) is 6.54. The van der Waals surface area contributed by atoms with Crippen molar-refractivity contribution in [3.05, 3.63) is 65.9 Å². The van der Waals surface area contributed by atoms with Crippen molar-refractivity contribution in [2.24, 2.45) is 0 Å². The molecule has 1 aliphatic heterocycles. The van der Waals surface area contributed by atoms with Gasteiger partial charge in [-0.05, 0) is 37.1 Å². The lowest BCUT2D eigenvalue weighted by molar-refractivity contribution is -0.118. The van der Waals surface area contributed by atoms with Crippen LogP contribution in [0.5, 0.6) is 5.75 Å².